The third-order valence-electron chi connectivity index (χ3n) is 3.46. The number of hydrogen-bond donors (Lipinski definition) is 2. The van der Waals surface area contributed by atoms with Crippen molar-refractivity contribution in [3.05, 3.63) is 18.0 Å². The molecule has 1 amide bonds. The quantitative estimate of drug-likeness (QED) is 0.894. The number of nitrogens with two attached hydrogens (primary N) is 1. The van der Waals surface area contributed by atoms with Crippen LogP contribution < -0.4 is 11.1 Å². The zero-order valence-electron chi connectivity index (χ0n) is 12.8. The van der Waals surface area contributed by atoms with E-state index in [0.29, 0.717) is 5.56 Å². The number of alkyl halides is 2. The second kappa shape index (κ2) is 5.42. The van der Waals surface area contributed by atoms with Crippen molar-refractivity contribution in [1.29, 1.82) is 0 Å². The molecule has 0 bridgehead atoms. The molecule has 0 atom stereocenters. The summed E-state index contributed by atoms with van der Waals surface area (Å²) in [7, 11) is 0. The van der Waals surface area contributed by atoms with Crippen molar-refractivity contribution in [3.8, 4) is 0 Å². The van der Waals surface area contributed by atoms with Crippen molar-refractivity contribution < 1.29 is 18.3 Å². The topological polar surface area (TPSA) is 90.1 Å². The van der Waals surface area contributed by atoms with E-state index in [1.165, 1.54) is 12.4 Å². The van der Waals surface area contributed by atoms with Gasteiger partial charge in [0.1, 0.15) is 5.60 Å². The molecule has 3 N–H and O–H groups in total. The molecule has 1 aromatic heterocycles. The molecule has 1 aliphatic rings. The molecule has 0 spiro atoms. The molecule has 0 saturated heterocycles. The van der Waals surface area contributed by atoms with E-state index in [4.69, 9.17) is 10.5 Å². The lowest BCUT2D eigenvalue weighted by Crippen LogP contribution is -2.53. The van der Waals surface area contributed by atoms with Crippen LogP contribution in [0.1, 0.15) is 39.2 Å². The normalized spacial score (nSPS) is 19.2. The molecule has 122 valence electrons. The van der Waals surface area contributed by atoms with Crippen molar-refractivity contribution in [2.75, 3.05) is 11.9 Å². The van der Waals surface area contributed by atoms with E-state index < -0.39 is 23.0 Å². The van der Waals surface area contributed by atoms with E-state index in [9.17, 15) is 13.6 Å². The van der Waals surface area contributed by atoms with Gasteiger partial charge in [0.05, 0.1) is 0 Å². The number of nitrogens with zero attached hydrogens (tertiary/aromatic N) is 2. The molecule has 0 unspecified atom stereocenters. The summed E-state index contributed by atoms with van der Waals surface area (Å²) in [5, 5.41) is 2.38. The summed E-state index contributed by atoms with van der Waals surface area (Å²) in [4.78, 5) is 19.5. The molecule has 1 saturated carbocycles. The van der Waals surface area contributed by atoms with Gasteiger partial charge in [0.2, 0.25) is 11.9 Å². The van der Waals surface area contributed by atoms with Crippen LogP contribution in [-0.4, -0.2) is 34.1 Å². The number of aromatic nitrogens is 2. The summed E-state index contributed by atoms with van der Waals surface area (Å²) in [6.07, 6.45) is 1.55. The first kappa shape index (κ1) is 16.5. The van der Waals surface area contributed by atoms with Gasteiger partial charge < -0.3 is 10.5 Å². The van der Waals surface area contributed by atoms with Gasteiger partial charge in [-0.3, -0.25) is 5.32 Å². The lowest BCUT2D eigenvalue weighted by atomic mass is 9.63. The Labute approximate surface area is 127 Å². The standard InChI is InChI=1S/C14H20F2N4O2/c1-12(2,3)22-11(21)20-10-18-4-9(5-19-10)13(8-17)6-14(15,16)7-13/h4-5H,6-8,17H2,1-3H3,(H,18,19,20,21). The van der Waals surface area contributed by atoms with E-state index in [-0.39, 0.29) is 25.3 Å². The summed E-state index contributed by atoms with van der Waals surface area (Å²) in [6, 6.07) is 0. The monoisotopic (exact) mass is 314 g/mol. The second-order valence-corrected chi connectivity index (χ2v) is 6.62. The highest BCUT2D eigenvalue weighted by atomic mass is 19.3. The van der Waals surface area contributed by atoms with Crippen LogP contribution in [0.2, 0.25) is 0 Å². The number of carbonyl (C=O) groups excluding carboxylic acids is 1. The van der Waals surface area contributed by atoms with E-state index in [1.807, 2.05) is 0 Å². The fourth-order valence-electron chi connectivity index (χ4n) is 2.47. The van der Waals surface area contributed by atoms with Crippen molar-refractivity contribution >= 4 is 12.0 Å². The minimum atomic E-state index is -2.69. The fraction of sp³-hybridized carbons (Fsp3) is 0.643. The van der Waals surface area contributed by atoms with Gasteiger partial charge in [0, 0.05) is 37.2 Å². The first-order valence-electron chi connectivity index (χ1n) is 6.96. The summed E-state index contributed by atoms with van der Waals surface area (Å²) in [5.74, 6) is -2.64. The van der Waals surface area contributed by atoms with Crippen LogP contribution >= 0.6 is 0 Å². The van der Waals surface area contributed by atoms with E-state index in [0.717, 1.165) is 0 Å². The van der Waals surface area contributed by atoms with Gasteiger partial charge in [0.15, 0.2) is 0 Å². The number of nitrogens with one attached hydrogen (secondary N) is 1. The Morgan fingerprint density at radius 3 is 2.32 bits per heavy atom. The van der Waals surface area contributed by atoms with Crippen LogP contribution in [0.3, 0.4) is 0 Å². The predicted octanol–water partition coefficient (Wildman–Crippen LogP) is 2.45. The number of anilines is 1. The van der Waals surface area contributed by atoms with Crippen LogP contribution in [0.25, 0.3) is 0 Å². The number of amides is 1. The Hall–Kier alpha value is -1.83. The largest absolute Gasteiger partial charge is 0.444 e. The summed E-state index contributed by atoms with van der Waals surface area (Å²) in [5.41, 5.74) is 4.77. The van der Waals surface area contributed by atoms with Gasteiger partial charge in [-0.1, -0.05) is 0 Å². The maximum absolute atomic E-state index is 13.1. The van der Waals surface area contributed by atoms with Crippen LogP contribution in [0.5, 0.6) is 0 Å². The van der Waals surface area contributed by atoms with Gasteiger partial charge in [0.25, 0.3) is 0 Å². The van der Waals surface area contributed by atoms with Crippen LogP contribution in [-0.2, 0) is 10.2 Å². The Kier molecular flexibility index (Phi) is 4.08. The number of hydrogen-bond acceptors (Lipinski definition) is 5. The SMILES string of the molecule is CC(C)(C)OC(=O)Nc1ncc(C2(CN)CC(F)(F)C2)cn1. The zero-order valence-corrected chi connectivity index (χ0v) is 12.8. The number of ether oxygens (including phenoxy) is 1. The predicted molar refractivity (Wildman–Crippen MR) is 76.8 cm³/mol. The van der Waals surface area contributed by atoms with E-state index >= 15 is 0 Å². The van der Waals surface area contributed by atoms with Gasteiger partial charge in [-0.15, -0.1) is 0 Å². The average molecular weight is 314 g/mol. The van der Waals surface area contributed by atoms with Crippen molar-refractivity contribution in [2.24, 2.45) is 5.73 Å². The number of carbonyl (C=O) groups is 1. The Morgan fingerprint density at radius 1 is 1.36 bits per heavy atom. The molecular weight excluding hydrogens is 294 g/mol. The highest BCUT2D eigenvalue weighted by molar-refractivity contribution is 5.82. The molecule has 0 aromatic carbocycles. The van der Waals surface area contributed by atoms with Gasteiger partial charge >= 0.3 is 6.09 Å². The molecule has 6 nitrogen and oxygen atoms in total. The second-order valence-electron chi connectivity index (χ2n) is 6.62. The molecule has 22 heavy (non-hydrogen) atoms. The highest BCUT2D eigenvalue weighted by Crippen LogP contribution is 2.52. The van der Waals surface area contributed by atoms with Gasteiger partial charge in [-0.25, -0.2) is 23.5 Å². The number of halogens is 2. The molecule has 0 aliphatic heterocycles. The van der Waals surface area contributed by atoms with Crippen LogP contribution in [0.4, 0.5) is 19.5 Å². The van der Waals surface area contributed by atoms with E-state index in [2.05, 4.69) is 15.3 Å². The van der Waals surface area contributed by atoms with Crippen LogP contribution in [0, 0.1) is 0 Å². The van der Waals surface area contributed by atoms with Crippen molar-refractivity contribution in [3.63, 3.8) is 0 Å². The first-order chi connectivity index (χ1) is 10.1. The maximum atomic E-state index is 13.1. The molecule has 1 aromatic rings. The highest BCUT2D eigenvalue weighted by Gasteiger charge is 2.56. The lowest BCUT2D eigenvalue weighted by Gasteiger charge is -2.46. The molecule has 1 aliphatic carbocycles. The molecule has 1 heterocycles. The summed E-state index contributed by atoms with van der Waals surface area (Å²) < 4.78 is 31.4. The van der Waals surface area contributed by atoms with E-state index in [1.54, 1.807) is 20.8 Å². The number of rotatable bonds is 3. The van der Waals surface area contributed by atoms with Crippen molar-refractivity contribution in [1.82, 2.24) is 9.97 Å². The van der Waals surface area contributed by atoms with Crippen LogP contribution in [0.15, 0.2) is 12.4 Å². The molecule has 0 radical (unpaired) electrons. The Bertz CT molecular complexity index is 547. The average Bonchev–Trinajstić information content (AvgIpc) is 2.34. The smallest absolute Gasteiger partial charge is 0.414 e. The van der Waals surface area contributed by atoms with Gasteiger partial charge in [-0.05, 0) is 26.3 Å². The Balaban J connectivity index is 2.03. The Morgan fingerprint density at radius 2 is 1.91 bits per heavy atom. The molecule has 8 heteroatoms. The minimum Gasteiger partial charge on any atom is -0.444 e. The molecular formula is C14H20F2N4O2. The fourth-order valence-corrected chi connectivity index (χ4v) is 2.47. The third-order valence-corrected chi connectivity index (χ3v) is 3.46. The molecule has 2 rings (SSSR count). The zero-order chi connectivity index (χ0) is 16.6. The van der Waals surface area contributed by atoms with Gasteiger partial charge in [-0.2, -0.15) is 0 Å². The first-order valence-corrected chi connectivity index (χ1v) is 6.96. The third kappa shape index (κ3) is 3.68. The minimum absolute atomic E-state index is 0.0521. The molecule has 1 fully saturated rings. The van der Waals surface area contributed by atoms with Crippen molar-refractivity contribution in [2.45, 2.75) is 50.6 Å². The lowest BCUT2D eigenvalue weighted by molar-refractivity contribution is -0.123. The maximum Gasteiger partial charge on any atom is 0.414 e. The summed E-state index contributed by atoms with van der Waals surface area (Å²) in [6.45, 7) is 5.31. The summed E-state index contributed by atoms with van der Waals surface area (Å²) >= 11 is 0.